The van der Waals surface area contributed by atoms with Crippen LogP contribution in [0.1, 0.15) is 6.42 Å². The summed E-state index contributed by atoms with van der Waals surface area (Å²) in [5.41, 5.74) is 5.84. The molecule has 9 heteroatoms. The number of sulfonamides is 1. The van der Waals surface area contributed by atoms with Crippen LogP contribution in [0.4, 0.5) is 5.69 Å². The van der Waals surface area contributed by atoms with E-state index in [0.717, 1.165) is 6.26 Å². The van der Waals surface area contributed by atoms with Crippen LogP contribution in [0, 0.1) is 0 Å². The lowest BCUT2D eigenvalue weighted by Crippen LogP contribution is -2.40. The van der Waals surface area contributed by atoms with Crippen LogP contribution in [0.15, 0.2) is 35.4 Å². The topological polar surface area (TPSA) is 122 Å². The van der Waals surface area contributed by atoms with Crippen LogP contribution in [0.2, 0.25) is 0 Å². The molecule has 1 aromatic carbocycles. The van der Waals surface area contributed by atoms with Crippen molar-refractivity contribution < 1.29 is 18.0 Å². The third-order valence-corrected chi connectivity index (χ3v) is 3.36. The number of carbonyl (C=O) groups is 2. The summed E-state index contributed by atoms with van der Waals surface area (Å²) in [5, 5.41) is 5.34. The van der Waals surface area contributed by atoms with Gasteiger partial charge in [-0.25, -0.2) is 13.1 Å². The van der Waals surface area contributed by atoms with E-state index in [4.69, 9.17) is 5.73 Å². The number of nitrogens with zero attached hydrogens (tertiary/aromatic N) is 2. The number of primary amides is 1. The van der Waals surface area contributed by atoms with Crippen molar-refractivity contribution in [2.45, 2.75) is 12.5 Å². The van der Waals surface area contributed by atoms with E-state index < -0.39 is 27.9 Å². The Balaban J connectivity index is 2.30. The molecule has 0 spiro atoms. The Morgan fingerprint density at radius 1 is 1.33 bits per heavy atom. The molecule has 0 aromatic heterocycles. The number of anilines is 1. The van der Waals surface area contributed by atoms with Gasteiger partial charge in [0.05, 0.1) is 11.9 Å². The fraction of sp³-hybridized carbons (Fsp3) is 0.250. The first kappa shape index (κ1) is 15.0. The molecule has 0 saturated heterocycles. The number of benzene rings is 1. The zero-order chi connectivity index (χ0) is 15.6. The molecule has 0 aliphatic carbocycles. The number of para-hydroxylation sites is 1. The van der Waals surface area contributed by atoms with Crippen molar-refractivity contribution in [2.75, 3.05) is 11.3 Å². The molecule has 0 saturated carbocycles. The molecule has 8 nitrogen and oxygen atoms in total. The van der Waals surface area contributed by atoms with E-state index in [-0.39, 0.29) is 12.1 Å². The Bertz CT molecular complexity index is 699. The summed E-state index contributed by atoms with van der Waals surface area (Å²) in [7, 11) is -3.70. The molecule has 0 radical (unpaired) electrons. The van der Waals surface area contributed by atoms with Gasteiger partial charge in [-0.15, -0.1) is 0 Å². The summed E-state index contributed by atoms with van der Waals surface area (Å²) >= 11 is 0. The van der Waals surface area contributed by atoms with E-state index >= 15 is 0 Å². The number of carbonyl (C=O) groups excluding carboxylic acids is 2. The number of hydrazone groups is 1. The number of hydrogen-bond donors (Lipinski definition) is 2. The molecule has 0 bridgehead atoms. The molecule has 2 amide bonds. The average molecular weight is 310 g/mol. The first-order chi connectivity index (χ1) is 9.78. The molecule has 112 valence electrons. The van der Waals surface area contributed by atoms with Gasteiger partial charge in [0.15, 0.2) is 0 Å². The molecule has 1 aromatic rings. The van der Waals surface area contributed by atoms with E-state index in [1.165, 1.54) is 5.01 Å². The Kier molecular flexibility index (Phi) is 3.94. The summed E-state index contributed by atoms with van der Waals surface area (Å²) in [4.78, 5) is 23.3. The molecule has 1 heterocycles. The maximum absolute atomic E-state index is 11.8. The maximum atomic E-state index is 11.8. The molecular weight excluding hydrogens is 296 g/mol. The normalized spacial score (nSPS) is 18.2. The van der Waals surface area contributed by atoms with Crippen LogP contribution in [0.25, 0.3) is 0 Å². The average Bonchev–Trinajstić information content (AvgIpc) is 2.83. The summed E-state index contributed by atoms with van der Waals surface area (Å²) in [6.45, 7) is 0. The predicted octanol–water partition coefficient (Wildman–Crippen LogP) is -0.818. The zero-order valence-corrected chi connectivity index (χ0v) is 12.0. The van der Waals surface area contributed by atoms with Gasteiger partial charge in [0.1, 0.15) is 11.8 Å². The lowest BCUT2D eigenvalue weighted by molar-refractivity contribution is -0.119. The predicted molar refractivity (Wildman–Crippen MR) is 76.9 cm³/mol. The SMILES string of the molecule is CS(=O)(=O)NC(=O)C1=NN(c2ccccc2)C(C(N)=O)C1. The number of amides is 2. The smallest absolute Gasteiger partial charge is 0.281 e. The lowest BCUT2D eigenvalue weighted by Gasteiger charge is -2.20. The highest BCUT2D eigenvalue weighted by Crippen LogP contribution is 2.24. The van der Waals surface area contributed by atoms with Crippen molar-refractivity contribution in [3.05, 3.63) is 30.3 Å². The molecule has 21 heavy (non-hydrogen) atoms. The van der Waals surface area contributed by atoms with E-state index in [1.807, 2.05) is 4.72 Å². The van der Waals surface area contributed by atoms with Crippen LogP contribution in [-0.4, -0.2) is 38.2 Å². The maximum Gasteiger partial charge on any atom is 0.281 e. The standard InChI is InChI=1S/C12H14N4O4S/c1-21(19,20)15-12(18)9-7-10(11(13)17)16(14-9)8-5-3-2-4-6-8/h2-6,10H,7H2,1H3,(H2,13,17)(H,15,18). The highest BCUT2D eigenvalue weighted by molar-refractivity contribution is 7.89. The molecular formula is C12H14N4O4S. The summed E-state index contributed by atoms with van der Waals surface area (Å²) < 4.78 is 24.0. The molecule has 1 unspecified atom stereocenters. The third-order valence-electron chi connectivity index (χ3n) is 2.80. The Morgan fingerprint density at radius 3 is 2.48 bits per heavy atom. The van der Waals surface area contributed by atoms with Gasteiger partial charge in [-0.05, 0) is 12.1 Å². The Morgan fingerprint density at radius 2 is 1.95 bits per heavy atom. The first-order valence-electron chi connectivity index (χ1n) is 6.01. The summed E-state index contributed by atoms with van der Waals surface area (Å²) in [5.74, 6) is -1.51. The molecule has 0 fully saturated rings. The molecule has 1 atom stereocenters. The quantitative estimate of drug-likeness (QED) is 0.752. The van der Waals surface area contributed by atoms with Crippen molar-refractivity contribution in [3.63, 3.8) is 0 Å². The largest absolute Gasteiger partial charge is 0.368 e. The van der Waals surface area contributed by atoms with Crippen molar-refractivity contribution >= 4 is 33.2 Å². The molecule has 1 aliphatic rings. The second-order valence-electron chi connectivity index (χ2n) is 4.55. The van der Waals surface area contributed by atoms with Crippen LogP contribution in [-0.2, 0) is 19.6 Å². The van der Waals surface area contributed by atoms with Gasteiger partial charge in [0, 0.05) is 6.42 Å². The van der Waals surface area contributed by atoms with Gasteiger partial charge in [-0.1, -0.05) is 18.2 Å². The third kappa shape index (κ3) is 3.57. The Labute approximate surface area is 121 Å². The number of nitrogens with two attached hydrogens (primary N) is 1. The monoisotopic (exact) mass is 310 g/mol. The van der Waals surface area contributed by atoms with Gasteiger partial charge < -0.3 is 5.73 Å². The van der Waals surface area contributed by atoms with Gasteiger partial charge in [0.2, 0.25) is 15.9 Å². The van der Waals surface area contributed by atoms with Crippen molar-refractivity contribution in [1.82, 2.24) is 4.72 Å². The van der Waals surface area contributed by atoms with Crippen LogP contribution in [0.3, 0.4) is 0 Å². The highest BCUT2D eigenvalue weighted by atomic mass is 32.2. The fourth-order valence-electron chi connectivity index (χ4n) is 1.92. The van der Waals surface area contributed by atoms with Crippen LogP contribution < -0.4 is 15.5 Å². The molecule has 1 aliphatic heterocycles. The minimum atomic E-state index is -3.70. The molecule has 2 rings (SSSR count). The second kappa shape index (κ2) is 5.52. The summed E-state index contributed by atoms with van der Waals surface area (Å²) in [6.07, 6.45) is 0.812. The second-order valence-corrected chi connectivity index (χ2v) is 6.30. The summed E-state index contributed by atoms with van der Waals surface area (Å²) in [6, 6.07) is 7.87. The first-order valence-corrected chi connectivity index (χ1v) is 7.90. The number of nitrogens with one attached hydrogen (secondary N) is 1. The van der Waals surface area contributed by atoms with Crippen molar-refractivity contribution in [3.8, 4) is 0 Å². The van der Waals surface area contributed by atoms with E-state index in [9.17, 15) is 18.0 Å². The number of hydrogen-bond acceptors (Lipinski definition) is 6. The van der Waals surface area contributed by atoms with Crippen LogP contribution >= 0.6 is 0 Å². The number of rotatable bonds is 4. The highest BCUT2D eigenvalue weighted by Gasteiger charge is 2.35. The minimum absolute atomic E-state index is 0.0500. The lowest BCUT2D eigenvalue weighted by atomic mass is 10.1. The van der Waals surface area contributed by atoms with Gasteiger partial charge in [0.25, 0.3) is 5.91 Å². The van der Waals surface area contributed by atoms with E-state index in [0.29, 0.717) is 5.69 Å². The zero-order valence-electron chi connectivity index (χ0n) is 11.2. The van der Waals surface area contributed by atoms with E-state index in [1.54, 1.807) is 30.3 Å². The molecule has 3 N–H and O–H groups in total. The Hall–Kier alpha value is -2.42. The van der Waals surface area contributed by atoms with E-state index in [2.05, 4.69) is 5.10 Å². The van der Waals surface area contributed by atoms with Crippen LogP contribution in [0.5, 0.6) is 0 Å². The van der Waals surface area contributed by atoms with Gasteiger partial charge in [-0.3, -0.25) is 14.6 Å². The van der Waals surface area contributed by atoms with Gasteiger partial charge in [-0.2, -0.15) is 5.10 Å². The van der Waals surface area contributed by atoms with Crippen molar-refractivity contribution in [2.24, 2.45) is 10.8 Å². The van der Waals surface area contributed by atoms with Gasteiger partial charge >= 0.3 is 0 Å². The minimum Gasteiger partial charge on any atom is -0.368 e. The van der Waals surface area contributed by atoms with Crippen molar-refractivity contribution in [1.29, 1.82) is 0 Å². The fourth-order valence-corrected chi connectivity index (χ4v) is 2.37.